The highest BCUT2D eigenvalue weighted by Crippen LogP contribution is 2.14. The van der Waals surface area contributed by atoms with Crippen LogP contribution in [0.1, 0.15) is 34.1 Å². The average Bonchev–Trinajstić information content (AvgIpc) is 3.02. The molecule has 0 bridgehead atoms. The van der Waals surface area contributed by atoms with Gasteiger partial charge in [-0.3, -0.25) is 0 Å². The first-order valence-corrected chi connectivity index (χ1v) is 9.80. The Labute approximate surface area is 152 Å². The number of nitrogens with one attached hydrogen (secondary N) is 1. The molecule has 0 radical (unpaired) electrons. The Morgan fingerprint density at radius 2 is 1.92 bits per heavy atom. The Morgan fingerprint density at radius 3 is 2.54 bits per heavy atom. The number of rotatable bonds is 6. The van der Waals surface area contributed by atoms with Crippen molar-refractivity contribution in [3.8, 4) is 5.69 Å². The van der Waals surface area contributed by atoms with E-state index >= 15 is 0 Å². The molecule has 1 aromatic carbocycles. The second-order valence-corrected chi connectivity index (χ2v) is 8.87. The largest absolute Gasteiger partial charge is 0.444 e. The molecular formula is C16H23N5O4S. The zero-order valence-corrected chi connectivity index (χ0v) is 16.0. The fraction of sp³-hybridized carbons (Fsp3) is 0.500. The highest BCUT2D eigenvalue weighted by atomic mass is 32.2. The van der Waals surface area contributed by atoms with E-state index in [1.54, 1.807) is 52.0 Å². The standard InChI is InChI=1S/C16H23N5O4S/c1-12(17-15(22)25-16(2,3)4)10-11-26(23,24)14-18-19-20-21(14)13-8-6-5-7-9-13/h5-9,12H,10-11H2,1-4H3,(H,17,22)/t12-/m0/s1. The molecular weight excluding hydrogens is 358 g/mol. The SMILES string of the molecule is C[C@@H](CCS(=O)(=O)c1nnnn1-c1ccccc1)NC(=O)OC(C)(C)C. The fourth-order valence-electron chi connectivity index (χ4n) is 2.11. The van der Waals surface area contributed by atoms with Crippen LogP contribution < -0.4 is 5.32 Å². The Morgan fingerprint density at radius 1 is 1.27 bits per heavy atom. The molecule has 0 aliphatic rings. The van der Waals surface area contributed by atoms with Gasteiger partial charge in [-0.25, -0.2) is 13.2 Å². The third-order valence-electron chi connectivity index (χ3n) is 3.30. The number of hydrogen-bond donors (Lipinski definition) is 1. The topological polar surface area (TPSA) is 116 Å². The van der Waals surface area contributed by atoms with Crippen LogP contribution in [-0.2, 0) is 14.6 Å². The summed E-state index contributed by atoms with van der Waals surface area (Å²) in [5.41, 5.74) is -0.0656. The van der Waals surface area contributed by atoms with Gasteiger partial charge in [-0.05, 0) is 56.7 Å². The fourth-order valence-corrected chi connectivity index (χ4v) is 3.52. The molecule has 2 aromatic rings. The number of nitrogens with zero attached hydrogens (tertiary/aromatic N) is 4. The van der Waals surface area contributed by atoms with Crippen molar-refractivity contribution < 1.29 is 17.9 Å². The van der Waals surface area contributed by atoms with Crippen LogP contribution in [0, 0.1) is 0 Å². The van der Waals surface area contributed by atoms with Gasteiger partial charge in [0.15, 0.2) is 0 Å². The van der Waals surface area contributed by atoms with Crippen molar-refractivity contribution >= 4 is 15.9 Å². The first kappa shape index (κ1) is 19.8. The van der Waals surface area contributed by atoms with Gasteiger partial charge in [0.05, 0.1) is 11.4 Å². The number of carbonyl (C=O) groups is 1. The lowest BCUT2D eigenvalue weighted by atomic mass is 10.2. The second-order valence-electron chi connectivity index (χ2n) is 6.86. The first-order valence-electron chi connectivity index (χ1n) is 8.14. The third-order valence-corrected chi connectivity index (χ3v) is 4.89. The summed E-state index contributed by atoms with van der Waals surface area (Å²) >= 11 is 0. The first-order chi connectivity index (χ1) is 12.1. The van der Waals surface area contributed by atoms with Crippen LogP contribution in [0.15, 0.2) is 35.5 Å². The van der Waals surface area contributed by atoms with E-state index in [1.807, 2.05) is 6.07 Å². The highest BCUT2D eigenvalue weighted by molar-refractivity contribution is 7.91. The zero-order chi connectivity index (χ0) is 19.4. The van der Waals surface area contributed by atoms with Crippen LogP contribution in [0.5, 0.6) is 0 Å². The highest BCUT2D eigenvalue weighted by Gasteiger charge is 2.25. The number of benzene rings is 1. The van der Waals surface area contributed by atoms with Crippen molar-refractivity contribution in [3.63, 3.8) is 0 Å². The van der Waals surface area contributed by atoms with E-state index in [1.165, 1.54) is 4.68 Å². The van der Waals surface area contributed by atoms with Crippen LogP contribution in [0.4, 0.5) is 4.79 Å². The van der Waals surface area contributed by atoms with Gasteiger partial charge in [0, 0.05) is 6.04 Å². The third kappa shape index (κ3) is 5.51. The molecule has 2 rings (SSSR count). The summed E-state index contributed by atoms with van der Waals surface area (Å²) in [5, 5.41) is 13.3. The molecule has 1 atom stereocenters. The molecule has 1 N–H and O–H groups in total. The summed E-state index contributed by atoms with van der Waals surface area (Å²) < 4.78 is 31.5. The molecule has 9 nitrogen and oxygen atoms in total. The maximum absolute atomic E-state index is 12.6. The Bertz CT molecular complexity index is 843. The number of para-hydroxylation sites is 1. The number of alkyl carbamates (subject to hydrolysis) is 1. The number of carbonyl (C=O) groups excluding carboxylic acids is 1. The number of ether oxygens (including phenoxy) is 1. The molecule has 0 fully saturated rings. The lowest BCUT2D eigenvalue weighted by Gasteiger charge is -2.21. The predicted molar refractivity (Wildman–Crippen MR) is 94.7 cm³/mol. The Kier molecular flexibility index (Phi) is 5.96. The maximum Gasteiger partial charge on any atom is 0.407 e. The van der Waals surface area contributed by atoms with Crippen LogP contribution in [0.25, 0.3) is 5.69 Å². The lowest BCUT2D eigenvalue weighted by molar-refractivity contribution is 0.0507. The minimum Gasteiger partial charge on any atom is -0.444 e. The second kappa shape index (κ2) is 7.81. The summed E-state index contributed by atoms with van der Waals surface area (Å²) in [7, 11) is -3.73. The van der Waals surface area contributed by atoms with E-state index in [4.69, 9.17) is 4.74 Å². The average molecular weight is 381 g/mol. The van der Waals surface area contributed by atoms with Crippen LogP contribution in [0.2, 0.25) is 0 Å². The molecule has 0 unspecified atom stereocenters. The van der Waals surface area contributed by atoms with Gasteiger partial charge < -0.3 is 10.1 Å². The van der Waals surface area contributed by atoms with Gasteiger partial charge in [-0.15, -0.1) is 0 Å². The summed E-state index contributed by atoms with van der Waals surface area (Å²) in [4.78, 5) is 11.7. The lowest BCUT2D eigenvalue weighted by Crippen LogP contribution is -2.38. The van der Waals surface area contributed by atoms with E-state index in [2.05, 4.69) is 20.8 Å². The van der Waals surface area contributed by atoms with Crippen molar-refractivity contribution in [2.45, 2.75) is 50.9 Å². The predicted octanol–water partition coefficient (Wildman–Crippen LogP) is 1.74. The summed E-state index contributed by atoms with van der Waals surface area (Å²) in [6.07, 6.45) is -0.389. The van der Waals surface area contributed by atoms with Gasteiger partial charge >= 0.3 is 6.09 Å². The van der Waals surface area contributed by atoms with Gasteiger partial charge in [-0.1, -0.05) is 23.3 Å². The van der Waals surface area contributed by atoms with Crippen LogP contribution in [0.3, 0.4) is 0 Å². The number of amides is 1. The van der Waals surface area contributed by atoms with E-state index in [9.17, 15) is 13.2 Å². The van der Waals surface area contributed by atoms with Gasteiger partial charge in [0.25, 0.3) is 5.16 Å². The summed E-state index contributed by atoms with van der Waals surface area (Å²) in [6.45, 7) is 6.97. The molecule has 1 heterocycles. The molecule has 0 spiro atoms. The molecule has 26 heavy (non-hydrogen) atoms. The van der Waals surface area contributed by atoms with Crippen LogP contribution in [-0.4, -0.2) is 52.1 Å². The monoisotopic (exact) mass is 381 g/mol. The normalized spacial score (nSPS) is 13.2. The van der Waals surface area contributed by atoms with Crippen molar-refractivity contribution in [2.75, 3.05) is 5.75 Å². The van der Waals surface area contributed by atoms with Gasteiger partial charge in [0.1, 0.15) is 5.60 Å². The van der Waals surface area contributed by atoms with Gasteiger partial charge in [-0.2, -0.15) is 4.68 Å². The number of aromatic nitrogens is 4. The summed E-state index contributed by atoms with van der Waals surface area (Å²) in [5.74, 6) is -0.211. The molecule has 0 saturated carbocycles. The van der Waals surface area contributed by atoms with Crippen molar-refractivity contribution in [1.82, 2.24) is 25.5 Å². The smallest absolute Gasteiger partial charge is 0.407 e. The maximum atomic E-state index is 12.6. The number of hydrogen-bond acceptors (Lipinski definition) is 7. The van der Waals surface area contributed by atoms with Crippen molar-refractivity contribution in [2.24, 2.45) is 0 Å². The molecule has 0 aliphatic heterocycles. The number of sulfone groups is 1. The van der Waals surface area contributed by atoms with E-state index in [-0.39, 0.29) is 23.4 Å². The molecule has 0 aliphatic carbocycles. The van der Waals surface area contributed by atoms with E-state index < -0.39 is 21.5 Å². The molecule has 0 saturated heterocycles. The van der Waals surface area contributed by atoms with Gasteiger partial charge in [0.2, 0.25) is 9.84 Å². The van der Waals surface area contributed by atoms with E-state index in [0.717, 1.165) is 0 Å². The van der Waals surface area contributed by atoms with E-state index in [0.29, 0.717) is 5.69 Å². The zero-order valence-electron chi connectivity index (χ0n) is 15.2. The Balaban J connectivity index is 2.02. The minimum absolute atomic E-state index is 0.198. The van der Waals surface area contributed by atoms with Crippen molar-refractivity contribution in [3.05, 3.63) is 30.3 Å². The molecule has 142 valence electrons. The number of tetrazole rings is 1. The molecule has 1 aromatic heterocycles. The Hall–Kier alpha value is -2.49. The van der Waals surface area contributed by atoms with Crippen molar-refractivity contribution in [1.29, 1.82) is 0 Å². The van der Waals surface area contributed by atoms with Crippen LogP contribution >= 0.6 is 0 Å². The molecule has 1 amide bonds. The minimum atomic E-state index is -3.73. The molecule has 10 heteroatoms. The quantitative estimate of drug-likeness (QED) is 0.810. The summed E-state index contributed by atoms with van der Waals surface area (Å²) in [6, 6.07) is 8.37.